The third-order valence-corrected chi connectivity index (χ3v) is 5.09. The van der Waals surface area contributed by atoms with E-state index in [1.54, 1.807) is 0 Å². The Morgan fingerprint density at radius 1 is 1.24 bits per heavy atom. The molecule has 0 saturated carbocycles. The predicted molar refractivity (Wildman–Crippen MR) is 86.5 cm³/mol. The second-order valence-electron chi connectivity index (χ2n) is 5.66. The number of benzene rings is 1. The lowest BCUT2D eigenvalue weighted by atomic mass is 10.0. The Hall–Kier alpha value is -1.33. The molecule has 0 bridgehead atoms. The quantitative estimate of drug-likeness (QED) is 0.896. The van der Waals surface area contributed by atoms with Gasteiger partial charge in [0.1, 0.15) is 11.5 Å². The van der Waals surface area contributed by atoms with Crippen molar-refractivity contribution >= 4 is 21.7 Å². The number of anilines is 1. The van der Waals surface area contributed by atoms with Gasteiger partial charge in [-0.3, -0.25) is 0 Å². The van der Waals surface area contributed by atoms with E-state index in [0.29, 0.717) is 12.1 Å². The summed E-state index contributed by atoms with van der Waals surface area (Å²) in [6, 6.07) is 10.7. The van der Waals surface area contributed by atoms with Crippen molar-refractivity contribution in [3.63, 3.8) is 0 Å². The molecule has 21 heavy (non-hydrogen) atoms. The van der Waals surface area contributed by atoms with Crippen LogP contribution in [0.3, 0.4) is 0 Å². The summed E-state index contributed by atoms with van der Waals surface area (Å²) in [5.41, 5.74) is 2.14. The zero-order valence-electron chi connectivity index (χ0n) is 11.8. The van der Waals surface area contributed by atoms with E-state index >= 15 is 0 Å². The Balaban J connectivity index is 1.76. The molecule has 1 N–H and O–H groups in total. The molecule has 3 heterocycles. The molecule has 2 atom stereocenters. The van der Waals surface area contributed by atoms with Crippen LogP contribution >= 0.6 is 15.9 Å². The first-order valence-corrected chi connectivity index (χ1v) is 8.33. The van der Waals surface area contributed by atoms with Gasteiger partial charge in [0.2, 0.25) is 0 Å². The molecule has 1 saturated heterocycles. The summed E-state index contributed by atoms with van der Waals surface area (Å²) in [7, 11) is 0. The van der Waals surface area contributed by atoms with Gasteiger partial charge < -0.3 is 10.1 Å². The zero-order chi connectivity index (χ0) is 14.2. The normalized spacial score (nSPS) is 24.6. The summed E-state index contributed by atoms with van der Waals surface area (Å²) >= 11 is 3.72. The van der Waals surface area contributed by atoms with E-state index in [4.69, 9.17) is 9.84 Å². The summed E-state index contributed by atoms with van der Waals surface area (Å²) in [4.78, 5) is 0. The first-order valence-electron chi connectivity index (χ1n) is 7.53. The van der Waals surface area contributed by atoms with Crippen LogP contribution in [0.1, 0.15) is 25.3 Å². The average molecular weight is 348 g/mol. The highest BCUT2D eigenvalue weighted by Gasteiger charge is 2.33. The highest BCUT2D eigenvalue weighted by Crippen LogP contribution is 2.40. The predicted octanol–water partition coefficient (Wildman–Crippen LogP) is 3.85. The van der Waals surface area contributed by atoms with Crippen molar-refractivity contribution in [1.82, 2.24) is 9.78 Å². The van der Waals surface area contributed by atoms with Crippen molar-refractivity contribution < 1.29 is 4.74 Å². The van der Waals surface area contributed by atoms with E-state index in [1.165, 1.54) is 0 Å². The highest BCUT2D eigenvalue weighted by molar-refractivity contribution is 9.10. The molecule has 0 spiro atoms. The molecule has 1 aromatic carbocycles. The number of nitrogens with zero attached hydrogens (tertiary/aromatic N) is 2. The summed E-state index contributed by atoms with van der Waals surface area (Å²) in [6.45, 7) is 1.86. The molecule has 2 aromatic rings. The number of fused-ring (bicyclic) bond motifs is 1. The molecular formula is C16H18BrN3O. The molecule has 1 fully saturated rings. The Labute approximate surface area is 132 Å². The van der Waals surface area contributed by atoms with Gasteiger partial charge in [0.15, 0.2) is 0 Å². The fraction of sp³-hybridized carbons (Fsp3) is 0.438. The van der Waals surface area contributed by atoms with Gasteiger partial charge >= 0.3 is 0 Å². The van der Waals surface area contributed by atoms with Crippen molar-refractivity contribution in [1.29, 1.82) is 0 Å². The van der Waals surface area contributed by atoms with E-state index in [2.05, 4.69) is 38.1 Å². The number of hydrogen-bond donors (Lipinski definition) is 1. The SMILES string of the molecule is Brc1c(-c2ccccc2)nn2c1NCCC2C1CCCO1. The Morgan fingerprint density at radius 2 is 2.10 bits per heavy atom. The average Bonchev–Trinajstić information content (AvgIpc) is 3.17. The van der Waals surface area contributed by atoms with Crippen LogP contribution in [0, 0.1) is 0 Å². The van der Waals surface area contributed by atoms with Crippen molar-refractivity contribution in [3.8, 4) is 11.3 Å². The van der Waals surface area contributed by atoms with E-state index in [-0.39, 0.29) is 0 Å². The third kappa shape index (κ3) is 2.28. The molecule has 110 valence electrons. The number of nitrogens with one attached hydrogen (secondary N) is 1. The van der Waals surface area contributed by atoms with Crippen LogP contribution in [0.4, 0.5) is 5.82 Å². The Bertz CT molecular complexity index is 634. The van der Waals surface area contributed by atoms with Gasteiger partial charge in [-0.1, -0.05) is 30.3 Å². The van der Waals surface area contributed by atoms with Gasteiger partial charge in [0, 0.05) is 18.7 Å². The molecule has 2 unspecified atom stereocenters. The number of halogens is 1. The van der Waals surface area contributed by atoms with Crippen LogP contribution in [-0.2, 0) is 4.74 Å². The lowest BCUT2D eigenvalue weighted by molar-refractivity contribution is 0.0592. The number of ether oxygens (including phenoxy) is 1. The minimum absolute atomic E-state index is 0.307. The number of rotatable bonds is 2. The zero-order valence-corrected chi connectivity index (χ0v) is 13.3. The molecule has 0 amide bonds. The van der Waals surface area contributed by atoms with Crippen LogP contribution in [0.25, 0.3) is 11.3 Å². The Kier molecular flexibility index (Phi) is 3.47. The summed E-state index contributed by atoms with van der Waals surface area (Å²) in [5, 5.41) is 8.35. The van der Waals surface area contributed by atoms with Gasteiger partial charge in [-0.05, 0) is 35.2 Å². The number of hydrogen-bond acceptors (Lipinski definition) is 3. The summed E-state index contributed by atoms with van der Waals surface area (Å²) < 4.78 is 9.08. The van der Waals surface area contributed by atoms with E-state index in [9.17, 15) is 0 Å². The van der Waals surface area contributed by atoms with Crippen molar-refractivity contribution in [2.45, 2.75) is 31.4 Å². The first kappa shape index (κ1) is 13.3. The van der Waals surface area contributed by atoms with Crippen LogP contribution in [0.2, 0.25) is 0 Å². The van der Waals surface area contributed by atoms with E-state index < -0.39 is 0 Å². The Morgan fingerprint density at radius 3 is 2.86 bits per heavy atom. The minimum atomic E-state index is 0.307. The molecule has 0 aliphatic carbocycles. The smallest absolute Gasteiger partial charge is 0.139 e. The van der Waals surface area contributed by atoms with Gasteiger partial charge in [0.05, 0.1) is 16.6 Å². The molecular weight excluding hydrogens is 330 g/mol. The second-order valence-corrected chi connectivity index (χ2v) is 6.45. The maximum atomic E-state index is 5.90. The van der Waals surface area contributed by atoms with Crippen molar-refractivity contribution in [2.75, 3.05) is 18.5 Å². The fourth-order valence-electron chi connectivity index (χ4n) is 3.30. The molecule has 2 aliphatic heterocycles. The lowest BCUT2D eigenvalue weighted by Crippen LogP contribution is -2.31. The second kappa shape index (κ2) is 5.46. The molecule has 0 radical (unpaired) electrons. The topological polar surface area (TPSA) is 39.1 Å². The minimum Gasteiger partial charge on any atom is -0.376 e. The van der Waals surface area contributed by atoms with E-state index in [0.717, 1.165) is 54.0 Å². The van der Waals surface area contributed by atoms with Gasteiger partial charge in [-0.25, -0.2) is 4.68 Å². The van der Waals surface area contributed by atoms with Crippen LogP contribution in [-0.4, -0.2) is 29.0 Å². The van der Waals surface area contributed by atoms with Crippen LogP contribution in [0.5, 0.6) is 0 Å². The van der Waals surface area contributed by atoms with Gasteiger partial charge in [-0.15, -0.1) is 0 Å². The highest BCUT2D eigenvalue weighted by atomic mass is 79.9. The molecule has 1 aromatic heterocycles. The molecule has 2 aliphatic rings. The molecule has 5 heteroatoms. The standard InChI is InChI=1S/C16H18BrN3O/c17-14-15(11-5-2-1-3-6-11)19-20-12(8-9-18-16(14)20)13-7-4-10-21-13/h1-3,5-6,12-13,18H,4,7-10H2. The fourth-order valence-corrected chi connectivity index (χ4v) is 3.93. The maximum Gasteiger partial charge on any atom is 0.139 e. The van der Waals surface area contributed by atoms with Crippen LogP contribution < -0.4 is 5.32 Å². The van der Waals surface area contributed by atoms with Crippen molar-refractivity contribution in [2.24, 2.45) is 0 Å². The third-order valence-electron chi connectivity index (χ3n) is 4.34. The summed E-state index contributed by atoms with van der Waals surface area (Å²) in [6.07, 6.45) is 3.68. The molecule has 4 nitrogen and oxygen atoms in total. The summed E-state index contributed by atoms with van der Waals surface area (Å²) in [5.74, 6) is 1.08. The first-order chi connectivity index (χ1) is 10.3. The van der Waals surface area contributed by atoms with Gasteiger partial charge in [-0.2, -0.15) is 5.10 Å². The lowest BCUT2D eigenvalue weighted by Gasteiger charge is -2.29. The number of aromatic nitrogens is 2. The van der Waals surface area contributed by atoms with Gasteiger partial charge in [0.25, 0.3) is 0 Å². The monoisotopic (exact) mass is 347 g/mol. The largest absolute Gasteiger partial charge is 0.376 e. The molecule has 4 rings (SSSR count). The van der Waals surface area contributed by atoms with Crippen LogP contribution in [0.15, 0.2) is 34.8 Å². The van der Waals surface area contributed by atoms with E-state index in [1.807, 2.05) is 18.2 Å². The maximum absolute atomic E-state index is 5.90. The van der Waals surface area contributed by atoms with Crippen molar-refractivity contribution in [3.05, 3.63) is 34.8 Å².